The number of halogens is 1. The van der Waals surface area contributed by atoms with Crippen LogP contribution in [-0.2, 0) is 0 Å². The highest BCUT2D eigenvalue weighted by molar-refractivity contribution is 5.75. The van der Waals surface area contributed by atoms with Gasteiger partial charge in [0.15, 0.2) is 0 Å². The van der Waals surface area contributed by atoms with Crippen molar-refractivity contribution in [2.24, 2.45) is 0 Å². The van der Waals surface area contributed by atoms with Crippen molar-refractivity contribution in [1.82, 2.24) is 10.2 Å². The molecule has 2 unspecified atom stereocenters. The molecule has 2 aromatic carbocycles. The lowest BCUT2D eigenvalue weighted by atomic mass is 10.1. The Morgan fingerprint density at radius 2 is 1.93 bits per heavy atom. The first-order valence-corrected chi connectivity index (χ1v) is 9.93. The second kappa shape index (κ2) is 8.09. The number of carbonyl (C=O) groups is 1. The number of piperazine rings is 1. The predicted molar refractivity (Wildman–Crippen MR) is 107 cm³/mol. The molecule has 2 amide bonds. The molecular formula is C22H26FN3O2. The van der Waals surface area contributed by atoms with Crippen molar-refractivity contribution in [1.29, 1.82) is 0 Å². The monoisotopic (exact) mass is 383 g/mol. The zero-order valence-electron chi connectivity index (χ0n) is 16.1. The number of para-hydroxylation sites is 2. The van der Waals surface area contributed by atoms with Gasteiger partial charge in [-0.3, -0.25) is 0 Å². The van der Waals surface area contributed by atoms with Crippen LogP contribution in [0.5, 0.6) is 5.75 Å². The highest BCUT2D eigenvalue weighted by Crippen LogP contribution is 2.41. The van der Waals surface area contributed by atoms with Gasteiger partial charge in [-0.25, -0.2) is 9.18 Å². The lowest BCUT2D eigenvalue weighted by Crippen LogP contribution is -2.52. The molecule has 1 heterocycles. The zero-order valence-corrected chi connectivity index (χ0v) is 16.1. The first-order chi connectivity index (χ1) is 13.7. The topological polar surface area (TPSA) is 44.8 Å². The van der Waals surface area contributed by atoms with Gasteiger partial charge in [0, 0.05) is 38.1 Å². The first-order valence-electron chi connectivity index (χ1n) is 9.93. The van der Waals surface area contributed by atoms with E-state index in [9.17, 15) is 9.18 Å². The quantitative estimate of drug-likeness (QED) is 0.858. The van der Waals surface area contributed by atoms with E-state index in [1.807, 2.05) is 36.1 Å². The fourth-order valence-corrected chi connectivity index (χ4v) is 3.86. The van der Waals surface area contributed by atoms with E-state index in [-0.39, 0.29) is 23.8 Å². The Kier molecular flexibility index (Phi) is 5.37. The molecule has 4 rings (SSSR count). The minimum atomic E-state index is -0.224. The average molecular weight is 383 g/mol. The van der Waals surface area contributed by atoms with Gasteiger partial charge in [0.2, 0.25) is 0 Å². The van der Waals surface area contributed by atoms with Crippen LogP contribution in [0.15, 0.2) is 48.5 Å². The molecule has 1 N–H and O–H groups in total. The third-order valence-corrected chi connectivity index (χ3v) is 5.45. The van der Waals surface area contributed by atoms with Crippen molar-refractivity contribution in [3.8, 4) is 5.75 Å². The first kappa shape index (κ1) is 18.6. The summed E-state index contributed by atoms with van der Waals surface area (Å²) in [5.41, 5.74) is 2.04. The number of nitrogens with one attached hydrogen (secondary N) is 1. The maximum absolute atomic E-state index is 13.4. The van der Waals surface area contributed by atoms with Crippen molar-refractivity contribution in [2.75, 3.05) is 37.7 Å². The van der Waals surface area contributed by atoms with Crippen molar-refractivity contribution in [3.05, 3.63) is 59.9 Å². The Hall–Kier alpha value is -2.76. The summed E-state index contributed by atoms with van der Waals surface area (Å²) in [5, 5.41) is 3.10. The van der Waals surface area contributed by atoms with Gasteiger partial charge in [0.05, 0.1) is 12.3 Å². The van der Waals surface area contributed by atoms with Crippen LogP contribution in [0.1, 0.15) is 24.8 Å². The van der Waals surface area contributed by atoms with Crippen LogP contribution in [0.25, 0.3) is 0 Å². The summed E-state index contributed by atoms with van der Waals surface area (Å²) in [7, 11) is 0. The highest BCUT2D eigenvalue weighted by Gasteiger charge is 2.40. The summed E-state index contributed by atoms with van der Waals surface area (Å²) in [5.74, 6) is 0.885. The number of nitrogens with zero attached hydrogens (tertiary/aromatic N) is 2. The summed E-state index contributed by atoms with van der Waals surface area (Å²) >= 11 is 0. The van der Waals surface area contributed by atoms with Gasteiger partial charge < -0.3 is 19.9 Å². The molecule has 2 atom stereocenters. The number of urea groups is 1. The maximum atomic E-state index is 13.4. The summed E-state index contributed by atoms with van der Waals surface area (Å²) in [6, 6.07) is 14.8. The average Bonchev–Trinajstić information content (AvgIpc) is 3.48. The second-order valence-corrected chi connectivity index (χ2v) is 7.33. The molecule has 2 aromatic rings. The van der Waals surface area contributed by atoms with Gasteiger partial charge in [-0.2, -0.15) is 0 Å². The Labute approximate surface area is 165 Å². The number of ether oxygens (including phenoxy) is 1. The van der Waals surface area contributed by atoms with Gasteiger partial charge in [0.25, 0.3) is 0 Å². The van der Waals surface area contributed by atoms with Crippen molar-refractivity contribution < 1.29 is 13.9 Å². The molecule has 28 heavy (non-hydrogen) atoms. The van der Waals surface area contributed by atoms with E-state index in [1.54, 1.807) is 12.1 Å². The summed E-state index contributed by atoms with van der Waals surface area (Å²) < 4.78 is 19.1. The maximum Gasteiger partial charge on any atom is 0.317 e. The molecule has 0 radical (unpaired) electrons. The smallest absolute Gasteiger partial charge is 0.317 e. The molecule has 0 aromatic heterocycles. The number of hydrogen-bond acceptors (Lipinski definition) is 3. The SMILES string of the molecule is CCOc1ccccc1N1CCN(C(=O)NC2CC2c2cccc(F)c2)CC1. The molecule has 2 fully saturated rings. The number of hydrogen-bond donors (Lipinski definition) is 1. The van der Waals surface area contributed by atoms with Gasteiger partial charge in [0.1, 0.15) is 11.6 Å². The fourth-order valence-electron chi connectivity index (χ4n) is 3.86. The van der Waals surface area contributed by atoms with E-state index in [1.165, 1.54) is 6.07 Å². The molecular weight excluding hydrogens is 357 g/mol. The molecule has 1 saturated heterocycles. The third kappa shape index (κ3) is 4.06. The van der Waals surface area contributed by atoms with Crippen LogP contribution in [-0.4, -0.2) is 49.8 Å². The van der Waals surface area contributed by atoms with Gasteiger partial charge in [-0.05, 0) is 43.2 Å². The van der Waals surface area contributed by atoms with E-state index >= 15 is 0 Å². The largest absolute Gasteiger partial charge is 0.492 e. The van der Waals surface area contributed by atoms with Crippen LogP contribution >= 0.6 is 0 Å². The molecule has 0 spiro atoms. The Balaban J connectivity index is 1.29. The Bertz CT molecular complexity index is 836. The van der Waals surface area contributed by atoms with Crippen LogP contribution in [0.3, 0.4) is 0 Å². The van der Waals surface area contributed by atoms with Crippen molar-refractivity contribution in [2.45, 2.75) is 25.3 Å². The van der Waals surface area contributed by atoms with E-state index in [4.69, 9.17) is 4.74 Å². The van der Waals surface area contributed by atoms with E-state index in [0.29, 0.717) is 19.7 Å². The summed E-state index contributed by atoms with van der Waals surface area (Å²) in [4.78, 5) is 16.7. The second-order valence-electron chi connectivity index (χ2n) is 7.33. The van der Waals surface area contributed by atoms with E-state index in [2.05, 4.69) is 16.3 Å². The minimum absolute atomic E-state index is 0.0263. The molecule has 1 aliphatic carbocycles. The molecule has 6 heteroatoms. The number of carbonyl (C=O) groups excluding carboxylic acids is 1. The predicted octanol–water partition coefficient (Wildman–Crippen LogP) is 3.61. The fraction of sp³-hybridized carbons (Fsp3) is 0.409. The third-order valence-electron chi connectivity index (χ3n) is 5.45. The highest BCUT2D eigenvalue weighted by atomic mass is 19.1. The molecule has 2 aliphatic rings. The van der Waals surface area contributed by atoms with Crippen LogP contribution in [0.4, 0.5) is 14.9 Å². The van der Waals surface area contributed by atoms with Crippen molar-refractivity contribution in [3.63, 3.8) is 0 Å². The molecule has 5 nitrogen and oxygen atoms in total. The normalized spacial score (nSPS) is 21.4. The Morgan fingerprint density at radius 3 is 2.68 bits per heavy atom. The van der Waals surface area contributed by atoms with Crippen LogP contribution in [0.2, 0.25) is 0 Å². The van der Waals surface area contributed by atoms with E-state index in [0.717, 1.165) is 36.5 Å². The van der Waals surface area contributed by atoms with Crippen LogP contribution < -0.4 is 15.0 Å². The molecule has 148 valence electrons. The number of amides is 2. The lowest BCUT2D eigenvalue weighted by molar-refractivity contribution is 0.193. The van der Waals surface area contributed by atoms with Gasteiger partial charge in [-0.15, -0.1) is 0 Å². The molecule has 1 aliphatic heterocycles. The van der Waals surface area contributed by atoms with E-state index < -0.39 is 0 Å². The number of anilines is 1. The van der Waals surface area contributed by atoms with Gasteiger partial charge >= 0.3 is 6.03 Å². The number of benzene rings is 2. The van der Waals surface area contributed by atoms with Gasteiger partial charge in [-0.1, -0.05) is 24.3 Å². The van der Waals surface area contributed by atoms with Crippen molar-refractivity contribution >= 4 is 11.7 Å². The summed E-state index contributed by atoms with van der Waals surface area (Å²) in [6.45, 7) is 5.50. The summed E-state index contributed by atoms with van der Waals surface area (Å²) in [6.07, 6.45) is 0.872. The lowest BCUT2D eigenvalue weighted by Gasteiger charge is -2.36. The number of rotatable bonds is 5. The zero-order chi connectivity index (χ0) is 19.5. The molecule has 1 saturated carbocycles. The van der Waals surface area contributed by atoms with Crippen LogP contribution in [0, 0.1) is 5.82 Å². The molecule has 0 bridgehead atoms. The standard InChI is InChI=1S/C22H26FN3O2/c1-2-28-21-9-4-3-8-20(21)25-10-12-26(13-11-25)22(27)24-19-15-18(19)16-6-5-7-17(23)14-16/h3-9,14,18-19H,2,10-13,15H2,1H3,(H,24,27). The Morgan fingerprint density at radius 1 is 1.14 bits per heavy atom. The minimum Gasteiger partial charge on any atom is -0.492 e.